The van der Waals surface area contributed by atoms with Crippen molar-refractivity contribution in [2.45, 2.75) is 6.92 Å². The fraction of sp³-hybridized carbons (Fsp3) is 0.0769. The molecule has 0 heterocycles. The Balaban J connectivity index is 2.11. The molecule has 0 fully saturated rings. The largest absolute Gasteiger partial charge is 0.442 e. The van der Waals surface area contributed by atoms with Crippen LogP contribution in [-0.2, 0) is 4.57 Å². The molecule has 0 amide bonds. The van der Waals surface area contributed by atoms with E-state index in [1.807, 2.05) is 61.5 Å². The van der Waals surface area contributed by atoms with Gasteiger partial charge in [-0.2, -0.15) is 0 Å². The van der Waals surface area contributed by atoms with Crippen LogP contribution in [0.4, 0.5) is 0 Å². The van der Waals surface area contributed by atoms with Crippen LogP contribution in [0.3, 0.4) is 0 Å². The Hall–Kier alpha value is -1.53. The van der Waals surface area contributed by atoms with Crippen molar-refractivity contribution in [3.63, 3.8) is 0 Å². The Kier molecular flexibility index (Phi) is 3.43. The molecule has 0 saturated carbocycles. The van der Waals surface area contributed by atoms with Crippen LogP contribution in [0.5, 0.6) is 5.75 Å². The number of hydrogen-bond donors (Lipinski definition) is 0. The molecule has 2 rings (SSSR count). The molecule has 0 N–H and O–H groups in total. The predicted molar refractivity (Wildman–Crippen MR) is 66.9 cm³/mol. The zero-order chi connectivity index (χ0) is 11.4. The van der Waals surface area contributed by atoms with Gasteiger partial charge in [-0.1, -0.05) is 35.9 Å². The minimum absolute atomic E-state index is 0.651. The van der Waals surface area contributed by atoms with Gasteiger partial charge in [0.05, 0.1) is 0 Å². The van der Waals surface area contributed by atoms with Gasteiger partial charge in [0.15, 0.2) is 0 Å². The zero-order valence-corrected chi connectivity index (χ0v) is 10.0. The monoisotopic (exact) mass is 232 g/mol. The molecule has 0 aliphatic heterocycles. The Labute approximate surface area is 95.8 Å². The Morgan fingerprint density at radius 2 is 1.56 bits per heavy atom. The van der Waals surface area contributed by atoms with Crippen LogP contribution >= 0.6 is 8.03 Å². The molecule has 16 heavy (non-hydrogen) atoms. The lowest BCUT2D eigenvalue weighted by atomic mass is 10.2. The SMILES string of the molecule is Cc1ccc(O[PH](=O)c2ccccc2)cc1. The molecule has 0 spiro atoms. The summed E-state index contributed by atoms with van der Waals surface area (Å²) in [4.78, 5) is 0. The van der Waals surface area contributed by atoms with Gasteiger partial charge in [0.25, 0.3) is 8.03 Å². The van der Waals surface area contributed by atoms with Gasteiger partial charge in [0, 0.05) is 5.30 Å². The first kappa shape index (κ1) is 11.0. The van der Waals surface area contributed by atoms with Gasteiger partial charge in [0.2, 0.25) is 0 Å². The van der Waals surface area contributed by atoms with Gasteiger partial charge in [-0.25, -0.2) is 0 Å². The first-order chi connectivity index (χ1) is 7.75. The van der Waals surface area contributed by atoms with Gasteiger partial charge in [0.1, 0.15) is 5.75 Å². The van der Waals surface area contributed by atoms with E-state index in [0.29, 0.717) is 5.75 Å². The van der Waals surface area contributed by atoms with Crippen molar-refractivity contribution < 1.29 is 9.09 Å². The summed E-state index contributed by atoms with van der Waals surface area (Å²) >= 11 is 0. The number of aryl methyl sites for hydroxylation is 1. The highest BCUT2D eigenvalue weighted by atomic mass is 31.1. The summed E-state index contributed by atoms with van der Waals surface area (Å²) in [5, 5.41) is 0.744. The molecule has 1 atom stereocenters. The highest BCUT2D eigenvalue weighted by Gasteiger charge is 2.03. The Morgan fingerprint density at radius 1 is 0.938 bits per heavy atom. The second-order valence-corrected chi connectivity index (χ2v) is 4.92. The topological polar surface area (TPSA) is 26.3 Å². The molecule has 2 aromatic rings. The van der Waals surface area contributed by atoms with E-state index in [9.17, 15) is 4.57 Å². The Bertz CT molecular complexity index is 477. The maximum Gasteiger partial charge on any atom is 0.265 e. The summed E-state index contributed by atoms with van der Waals surface area (Å²) in [7, 11) is -2.18. The van der Waals surface area contributed by atoms with Crippen LogP contribution < -0.4 is 9.83 Å². The quantitative estimate of drug-likeness (QED) is 0.760. The number of benzene rings is 2. The third-order valence-corrected chi connectivity index (χ3v) is 3.47. The lowest BCUT2D eigenvalue weighted by Crippen LogP contribution is -1.98. The van der Waals surface area contributed by atoms with Crippen molar-refractivity contribution in [1.29, 1.82) is 0 Å². The van der Waals surface area contributed by atoms with Crippen LogP contribution in [-0.4, -0.2) is 0 Å². The number of rotatable bonds is 3. The molecule has 1 unspecified atom stereocenters. The average Bonchev–Trinajstić information content (AvgIpc) is 2.33. The average molecular weight is 232 g/mol. The van der Waals surface area contributed by atoms with E-state index in [2.05, 4.69) is 0 Å². The zero-order valence-electron chi connectivity index (χ0n) is 9.01. The van der Waals surface area contributed by atoms with Crippen LogP contribution in [0, 0.1) is 6.92 Å². The molecule has 3 heteroatoms. The second-order valence-electron chi connectivity index (χ2n) is 3.57. The Morgan fingerprint density at radius 3 is 2.19 bits per heavy atom. The summed E-state index contributed by atoms with van der Waals surface area (Å²) < 4.78 is 17.3. The molecule has 2 aromatic carbocycles. The van der Waals surface area contributed by atoms with Crippen molar-refractivity contribution >= 4 is 13.3 Å². The minimum atomic E-state index is -2.18. The standard InChI is InChI=1S/C13H13O2P/c1-11-7-9-12(10-8-11)15-16(14)13-5-3-2-4-6-13/h2-10,16H,1H3. The lowest BCUT2D eigenvalue weighted by Gasteiger charge is -2.06. The smallest absolute Gasteiger partial charge is 0.265 e. The summed E-state index contributed by atoms with van der Waals surface area (Å²) in [5.74, 6) is 0.651. The van der Waals surface area contributed by atoms with Gasteiger partial charge >= 0.3 is 0 Å². The van der Waals surface area contributed by atoms with Gasteiger partial charge in [-0.05, 0) is 31.2 Å². The third kappa shape index (κ3) is 2.74. The van der Waals surface area contributed by atoms with Gasteiger partial charge in [-0.15, -0.1) is 0 Å². The van der Waals surface area contributed by atoms with E-state index in [0.717, 1.165) is 10.9 Å². The maximum atomic E-state index is 11.9. The third-order valence-electron chi connectivity index (χ3n) is 2.24. The van der Waals surface area contributed by atoms with Crippen molar-refractivity contribution in [2.75, 3.05) is 0 Å². The molecule has 0 aliphatic carbocycles. The van der Waals surface area contributed by atoms with Crippen LogP contribution in [0.2, 0.25) is 0 Å². The highest BCUT2D eigenvalue weighted by molar-refractivity contribution is 7.48. The normalized spacial score (nSPS) is 12.1. The van der Waals surface area contributed by atoms with Gasteiger partial charge < -0.3 is 4.52 Å². The van der Waals surface area contributed by atoms with E-state index in [1.54, 1.807) is 0 Å². The lowest BCUT2D eigenvalue weighted by molar-refractivity contribution is 0.514. The molecule has 0 aliphatic rings. The molecule has 82 valence electrons. The minimum Gasteiger partial charge on any atom is -0.442 e. The molecule has 0 radical (unpaired) electrons. The number of hydrogen-bond acceptors (Lipinski definition) is 2. The van der Waals surface area contributed by atoms with Crippen LogP contribution in [0.15, 0.2) is 54.6 Å². The van der Waals surface area contributed by atoms with Crippen molar-refractivity contribution in [3.8, 4) is 5.75 Å². The molecule has 2 nitrogen and oxygen atoms in total. The summed E-state index contributed by atoms with van der Waals surface area (Å²) in [5.41, 5.74) is 1.16. The van der Waals surface area contributed by atoms with E-state index < -0.39 is 8.03 Å². The van der Waals surface area contributed by atoms with Crippen molar-refractivity contribution in [3.05, 3.63) is 60.2 Å². The van der Waals surface area contributed by atoms with Crippen molar-refractivity contribution in [2.24, 2.45) is 0 Å². The molecule has 0 aromatic heterocycles. The van der Waals surface area contributed by atoms with Crippen LogP contribution in [0.1, 0.15) is 5.56 Å². The second kappa shape index (κ2) is 5.00. The summed E-state index contributed by atoms with van der Waals surface area (Å²) in [6.07, 6.45) is 0. The molecular weight excluding hydrogens is 219 g/mol. The van der Waals surface area contributed by atoms with Crippen LogP contribution in [0.25, 0.3) is 0 Å². The van der Waals surface area contributed by atoms with E-state index in [-0.39, 0.29) is 0 Å². The highest BCUT2D eigenvalue weighted by Crippen LogP contribution is 2.26. The first-order valence-corrected chi connectivity index (χ1v) is 6.41. The van der Waals surface area contributed by atoms with E-state index in [4.69, 9.17) is 4.52 Å². The molecule has 0 saturated heterocycles. The summed E-state index contributed by atoms with van der Waals surface area (Å²) in [6.45, 7) is 2.00. The fourth-order valence-corrected chi connectivity index (χ4v) is 2.28. The molecular formula is C13H13O2P. The van der Waals surface area contributed by atoms with E-state index >= 15 is 0 Å². The first-order valence-electron chi connectivity index (χ1n) is 5.09. The maximum absolute atomic E-state index is 11.9. The summed E-state index contributed by atoms with van der Waals surface area (Å²) in [6, 6.07) is 16.8. The van der Waals surface area contributed by atoms with Gasteiger partial charge in [-0.3, -0.25) is 4.57 Å². The van der Waals surface area contributed by atoms with Crippen molar-refractivity contribution in [1.82, 2.24) is 0 Å². The fourth-order valence-electron chi connectivity index (χ4n) is 1.35. The van der Waals surface area contributed by atoms with E-state index in [1.165, 1.54) is 0 Å². The molecule has 0 bridgehead atoms. The predicted octanol–water partition coefficient (Wildman–Crippen LogP) is 3.17.